The van der Waals surface area contributed by atoms with Crippen LogP contribution in [-0.4, -0.2) is 66.8 Å². The number of aryl methyl sites for hydroxylation is 2. The van der Waals surface area contributed by atoms with Crippen LogP contribution in [0.15, 0.2) is 77.9 Å². The van der Waals surface area contributed by atoms with Crippen LogP contribution >= 0.6 is 11.8 Å². The third-order valence-corrected chi connectivity index (χ3v) is 13.1. The van der Waals surface area contributed by atoms with Crippen molar-refractivity contribution < 1.29 is 27.7 Å². The Morgan fingerprint density at radius 2 is 1.90 bits per heavy atom. The van der Waals surface area contributed by atoms with E-state index in [-0.39, 0.29) is 40.2 Å². The van der Waals surface area contributed by atoms with Crippen molar-refractivity contribution >= 4 is 49.9 Å². The predicted octanol–water partition coefficient (Wildman–Crippen LogP) is 5.82. The van der Waals surface area contributed by atoms with Crippen molar-refractivity contribution in [1.29, 1.82) is 0 Å². The number of benzene rings is 3. The van der Waals surface area contributed by atoms with Gasteiger partial charge in [-0.2, -0.15) is 0 Å². The van der Waals surface area contributed by atoms with E-state index < -0.39 is 15.6 Å². The van der Waals surface area contributed by atoms with Gasteiger partial charge in [-0.15, -0.1) is 11.8 Å². The molecule has 8 nitrogen and oxygen atoms in total. The zero-order valence-corrected chi connectivity index (χ0v) is 28.8. The molecule has 0 bridgehead atoms. The van der Waals surface area contributed by atoms with Gasteiger partial charge in [-0.25, -0.2) is 4.39 Å². The third-order valence-electron chi connectivity index (χ3n) is 9.55. The predicted molar refractivity (Wildman–Crippen MR) is 189 cm³/mol. The zero-order valence-electron chi connectivity index (χ0n) is 27.1. The molecule has 0 spiro atoms. The van der Waals surface area contributed by atoms with Crippen molar-refractivity contribution in [3.05, 3.63) is 95.5 Å². The number of nitrogens with zero attached hydrogens (tertiary/aromatic N) is 1. The van der Waals surface area contributed by atoms with Crippen LogP contribution < -0.4 is 10.1 Å². The summed E-state index contributed by atoms with van der Waals surface area (Å²) in [5.41, 5.74) is 5.21. The lowest BCUT2D eigenvalue weighted by atomic mass is 9.94. The number of carbonyl (C=O) groups is 2. The number of fused-ring (bicyclic) bond motifs is 6. The summed E-state index contributed by atoms with van der Waals surface area (Å²) in [7, 11) is -1.00. The van der Waals surface area contributed by atoms with Gasteiger partial charge in [-0.3, -0.25) is 13.8 Å². The highest BCUT2D eigenvalue weighted by Gasteiger charge is 2.63. The van der Waals surface area contributed by atoms with E-state index >= 15 is 0 Å². The standard InChI is InChI=1S/C37H38FN3O5S2/c1-21(46-20-23-6-11-25(45-4)12-7-23)34-37(2,3)47-36-33(35(43)41(34)36)40-31(42)15-9-22-8-13-27-30(18-22)48(5,44)17-16-26-28-19-24(38)10-14-29(28)39-32(26)27/h6-8,10-14,18-19,33-34,36,39H,1,5,9,15-17,20H2,2-4H3,(H,40,42). The second kappa shape index (κ2) is 12.0. The molecule has 3 aromatic carbocycles. The Bertz CT molecular complexity index is 2070. The Labute approximate surface area is 284 Å². The molecule has 48 heavy (non-hydrogen) atoms. The van der Waals surface area contributed by atoms with Gasteiger partial charge in [-0.1, -0.05) is 30.8 Å². The number of thioether (sulfide) groups is 1. The second-order valence-corrected chi connectivity index (χ2v) is 17.4. The van der Waals surface area contributed by atoms with E-state index in [0.29, 0.717) is 35.9 Å². The van der Waals surface area contributed by atoms with Crippen LogP contribution in [0, 0.1) is 5.82 Å². The Kier molecular flexibility index (Phi) is 8.10. The number of amides is 2. The van der Waals surface area contributed by atoms with E-state index in [1.54, 1.807) is 29.8 Å². The molecule has 2 amide bonds. The molecule has 1 aromatic heterocycles. The molecular weight excluding hydrogens is 650 g/mol. The number of ether oxygens (including phenoxy) is 2. The summed E-state index contributed by atoms with van der Waals surface area (Å²) < 4.78 is 38.7. The van der Waals surface area contributed by atoms with Gasteiger partial charge >= 0.3 is 0 Å². The van der Waals surface area contributed by atoms with Gasteiger partial charge in [0.1, 0.15) is 41.4 Å². The molecular formula is C37H38FN3O5S2. The van der Waals surface area contributed by atoms with E-state index in [1.807, 2.05) is 42.5 Å². The van der Waals surface area contributed by atoms with Crippen molar-refractivity contribution in [3.63, 3.8) is 0 Å². The topological polar surface area (TPSA) is 101 Å². The first-order chi connectivity index (χ1) is 22.9. The molecule has 0 aliphatic carbocycles. The summed E-state index contributed by atoms with van der Waals surface area (Å²) in [5, 5.41) is 3.53. The fourth-order valence-corrected chi connectivity index (χ4v) is 10.4. The largest absolute Gasteiger partial charge is 0.497 e. The van der Waals surface area contributed by atoms with Crippen LogP contribution in [0.1, 0.15) is 37.0 Å². The summed E-state index contributed by atoms with van der Waals surface area (Å²) >= 11 is 1.63. The number of carbonyl (C=O) groups excluding carboxylic acids is 2. The average Bonchev–Trinajstić information content (AvgIpc) is 3.51. The number of β-lactam (4-membered cyclic amide) rings is 1. The highest BCUT2D eigenvalue weighted by Crippen LogP contribution is 2.52. The molecule has 4 aromatic rings. The maximum Gasteiger partial charge on any atom is 0.249 e. The number of hydrogen-bond donors (Lipinski definition) is 2. The van der Waals surface area contributed by atoms with Gasteiger partial charge in [0, 0.05) is 38.3 Å². The summed E-state index contributed by atoms with van der Waals surface area (Å²) in [4.78, 5) is 32.3. The highest BCUT2D eigenvalue weighted by molar-refractivity contribution is 8.01. The highest BCUT2D eigenvalue weighted by atomic mass is 32.2. The quantitative estimate of drug-likeness (QED) is 0.131. The number of nitrogens with one attached hydrogen (secondary N) is 2. The second-order valence-electron chi connectivity index (χ2n) is 13.2. The first kappa shape index (κ1) is 32.3. The van der Waals surface area contributed by atoms with Crippen molar-refractivity contribution in [2.45, 2.75) is 66.8 Å². The van der Waals surface area contributed by atoms with Crippen LogP contribution in [0.25, 0.3) is 22.2 Å². The van der Waals surface area contributed by atoms with Gasteiger partial charge in [-0.05, 0) is 95.2 Å². The molecule has 250 valence electrons. The molecule has 7 rings (SSSR count). The Hall–Kier alpha value is -4.22. The summed E-state index contributed by atoms with van der Waals surface area (Å²) in [6.07, 6.45) is 1.09. The van der Waals surface area contributed by atoms with Gasteiger partial charge in [0.25, 0.3) is 0 Å². The van der Waals surface area contributed by atoms with E-state index in [9.17, 15) is 18.2 Å². The van der Waals surface area contributed by atoms with Gasteiger partial charge in [0.15, 0.2) is 0 Å². The van der Waals surface area contributed by atoms with E-state index in [0.717, 1.165) is 44.6 Å². The lowest BCUT2D eigenvalue weighted by Crippen LogP contribution is -2.69. The summed E-state index contributed by atoms with van der Waals surface area (Å²) in [6.45, 7) is 8.61. The number of aromatic amines is 1. The molecule has 3 aliphatic rings. The molecule has 4 heterocycles. The monoisotopic (exact) mass is 687 g/mol. The number of hydrogen-bond acceptors (Lipinski definition) is 6. The van der Waals surface area contributed by atoms with Gasteiger partial charge in [0.2, 0.25) is 11.8 Å². The Balaban J connectivity index is 0.998. The molecule has 3 aliphatic heterocycles. The van der Waals surface area contributed by atoms with Crippen LogP contribution in [0.5, 0.6) is 5.75 Å². The maximum atomic E-state index is 14.1. The van der Waals surface area contributed by atoms with Crippen LogP contribution in [0.4, 0.5) is 4.39 Å². The number of rotatable bonds is 9. The SMILES string of the molecule is C=C(OCc1ccc(OC)cc1)C1N2C(=O)C(NC(=O)CCc3ccc4c(c3)S(=C)(=O)CCc3c-4[nH]c4ccc(F)cc34)C2SC1(C)C. The minimum absolute atomic E-state index is 0.151. The van der Waals surface area contributed by atoms with Crippen LogP contribution in [0.2, 0.25) is 0 Å². The third kappa shape index (κ3) is 5.66. The van der Waals surface area contributed by atoms with Crippen molar-refractivity contribution in [3.8, 4) is 17.0 Å². The molecule has 0 saturated carbocycles. The smallest absolute Gasteiger partial charge is 0.249 e. The first-order valence-electron chi connectivity index (χ1n) is 15.9. The molecule has 11 heteroatoms. The van der Waals surface area contributed by atoms with Crippen LogP contribution in [-0.2, 0) is 43.3 Å². The number of aromatic nitrogens is 1. The minimum atomic E-state index is -2.62. The fraction of sp³-hybridized carbons (Fsp3) is 0.324. The lowest BCUT2D eigenvalue weighted by molar-refractivity contribution is -0.151. The summed E-state index contributed by atoms with van der Waals surface area (Å²) in [5.74, 6) is 5.01. The summed E-state index contributed by atoms with van der Waals surface area (Å²) in [6, 6.07) is 17.0. The van der Waals surface area contributed by atoms with Crippen molar-refractivity contribution in [2.75, 3.05) is 12.9 Å². The van der Waals surface area contributed by atoms with E-state index in [4.69, 9.17) is 9.47 Å². The van der Waals surface area contributed by atoms with E-state index in [1.165, 1.54) is 12.1 Å². The maximum absolute atomic E-state index is 14.1. The molecule has 4 unspecified atom stereocenters. The molecule has 0 radical (unpaired) electrons. The first-order valence-corrected chi connectivity index (χ1v) is 18.7. The fourth-order valence-electron chi connectivity index (χ4n) is 7.08. The Morgan fingerprint density at radius 1 is 1.15 bits per heavy atom. The normalized spacial score (nSPS) is 23.8. The Morgan fingerprint density at radius 3 is 2.65 bits per heavy atom. The van der Waals surface area contributed by atoms with E-state index in [2.05, 4.69) is 36.6 Å². The lowest BCUT2D eigenvalue weighted by Gasteiger charge is -2.45. The van der Waals surface area contributed by atoms with Crippen molar-refractivity contribution in [1.82, 2.24) is 15.2 Å². The number of methoxy groups -OCH3 is 1. The number of halogens is 1. The average molecular weight is 688 g/mol. The van der Waals surface area contributed by atoms with Gasteiger partial charge < -0.3 is 24.7 Å². The number of H-pyrrole nitrogens is 1. The minimum Gasteiger partial charge on any atom is -0.497 e. The van der Waals surface area contributed by atoms with Gasteiger partial charge in [0.05, 0.1) is 12.8 Å². The molecule has 2 N–H and O–H groups in total. The van der Waals surface area contributed by atoms with Crippen molar-refractivity contribution in [2.24, 2.45) is 0 Å². The molecule has 4 atom stereocenters. The molecule has 2 saturated heterocycles. The van der Waals surface area contributed by atoms with Crippen LogP contribution in [0.3, 0.4) is 0 Å². The molecule has 2 fully saturated rings. The zero-order chi connectivity index (χ0) is 34.0.